The molecule has 3 rings (SSSR count). The first-order valence-electron chi connectivity index (χ1n) is 12.0. The Morgan fingerprint density at radius 2 is 1.62 bits per heavy atom. The molecule has 1 heterocycles. The minimum atomic E-state index is -1.92. The zero-order valence-corrected chi connectivity index (χ0v) is 21.5. The predicted octanol–water partition coefficient (Wildman–Crippen LogP) is 3.33. The lowest BCUT2D eigenvalue weighted by atomic mass is 10.0. The number of fused-ring (bicyclic) bond motifs is 1. The van der Waals surface area contributed by atoms with Gasteiger partial charge in [-0.1, -0.05) is 13.8 Å². The van der Waals surface area contributed by atoms with E-state index < -0.39 is 89.8 Å². The third kappa shape index (κ3) is 6.68. The molecule has 0 fully saturated rings. The smallest absolute Gasteiger partial charge is 0.305 e. The van der Waals surface area contributed by atoms with E-state index in [0.29, 0.717) is 16.5 Å². The molecule has 1 aromatic heterocycles. The number of carboxylic acids is 1. The van der Waals surface area contributed by atoms with E-state index in [9.17, 15) is 46.5 Å². The van der Waals surface area contributed by atoms with Gasteiger partial charge in [-0.15, -0.1) is 0 Å². The fraction of sp³-hybridized carbons (Fsp3) is 0.346. The Balaban J connectivity index is 1.76. The summed E-state index contributed by atoms with van der Waals surface area (Å²) < 4.78 is 72.9. The molecule has 216 valence electrons. The average molecular weight is 571 g/mol. The summed E-state index contributed by atoms with van der Waals surface area (Å²) in [5.74, 6) is -12.9. The van der Waals surface area contributed by atoms with Gasteiger partial charge in [0.25, 0.3) is 5.91 Å². The Morgan fingerprint density at radius 1 is 1.00 bits per heavy atom. The van der Waals surface area contributed by atoms with E-state index in [0.717, 1.165) is 0 Å². The number of rotatable bonds is 11. The van der Waals surface area contributed by atoms with Gasteiger partial charge in [0.15, 0.2) is 17.4 Å². The SMILES string of the molecule is Cc1c(C(=O)N[C@H](C(=O)NC(CC(=O)O)C(O)COc2c(F)c(F)cc(F)c2F)C(C)C)[nH]c2ccc(F)cc12. The normalized spacial score (nSPS) is 13.7. The number of hydrogen-bond acceptors (Lipinski definition) is 5. The molecular formula is C26H26F5N3O6. The number of hydrogen-bond donors (Lipinski definition) is 5. The number of aliphatic hydroxyl groups excluding tert-OH is 1. The molecule has 0 saturated heterocycles. The zero-order chi connectivity index (χ0) is 29.9. The lowest BCUT2D eigenvalue weighted by molar-refractivity contribution is -0.139. The second-order valence-electron chi connectivity index (χ2n) is 9.40. The summed E-state index contributed by atoms with van der Waals surface area (Å²) in [4.78, 5) is 40.3. The second-order valence-corrected chi connectivity index (χ2v) is 9.40. The van der Waals surface area contributed by atoms with Gasteiger partial charge in [0, 0.05) is 17.0 Å². The third-order valence-electron chi connectivity index (χ3n) is 6.14. The van der Waals surface area contributed by atoms with E-state index in [1.54, 1.807) is 20.8 Å². The maximum Gasteiger partial charge on any atom is 0.305 e. The van der Waals surface area contributed by atoms with Crippen LogP contribution in [0.15, 0.2) is 24.3 Å². The monoisotopic (exact) mass is 571 g/mol. The lowest BCUT2D eigenvalue weighted by Crippen LogP contribution is -2.55. The molecule has 0 bridgehead atoms. The van der Waals surface area contributed by atoms with E-state index in [1.807, 2.05) is 0 Å². The Bertz CT molecular complexity index is 1420. The third-order valence-corrected chi connectivity index (χ3v) is 6.14. The number of amides is 2. The van der Waals surface area contributed by atoms with Crippen LogP contribution in [0.2, 0.25) is 0 Å². The molecule has 0 aliphatic heterocycles. The number of H-pyrrole nitrogens is 1. The summed E-state index contributed by atoms with van der Waals surface area (Å²) in [5.41, 5.74) is 0.950. The van der Waals surface area contributed by atoms with Crippen LogP contribution in [0.25, 0.3) is 10.9 Å². The quantitative estimate of drug-likeness (QED) is 0.177. The molecule has 9 nitrogen and oxygen atoms in total. The molecule has 40 heavy (non-hydrogen) atoms. The topological polar surface area (TPSA) is 141 Å². The lowest BCUT2D eigenvalue weighted by Gasteiger charge is -2.27. The summed E-state index contributed by atoms with van der Waals surface area (Å²) in [5, 5.41) is 24.9. The highest BCUT2D eigenvalue weighted by atomic mass is 19.2. The minimum Gasteiger partial charge on any atom is -0.485 e. The molecule has 3 atom stereocenters. The van der Waals surface area contributed by atoms with Gasteiger partial charge in [-0.05, 0) is 36.6 Å². The number of aryl methyl sites for hydroxylation is 1. The molecule has 0 aliphatic rings. The van der Waals surface area contributed by atoms with Crippen molar-refractivity contribution in [1.29, 1.82) is 0 Å². The van der Waals surface area contributed by atoms with Crippen LogP contribution in [-0.4, -0.2) is 57.8 Å². The van der Waals surface area contributed by atoms with E-state index in [2.05, 4.69) is 15.6 Å². The van der Waals surface area contributed by atoms with E-state index >= 15 is 0 Å². The van der Waals surface area contributed by atoms with Crippen LogP contribution in [0.5, 0.6) is 5.75 Å². The summed E-state index contributed by atoms with van der Waals surface area (Å²) in [6, 6.07) is 0.974. The van der Waals surface area contributed by atoms with Crippen molar-refractivity contribution in [2.75, 3.05) is 6.61 Å². The first kappa shape index (κ1) is 30.3. The first-order chi connectivity index (χ1) is 18.7. The van der Waals surface area contributed by atoms with Crippen molar-refractivity contribution < 1.29 is 51.3 Å². The largest absolute Gasteiger partial charge is 0.485 e. The second kappa shape index (κ2) is 12.3. The number of ether oxygens (including phenoxy) is 1. The fourth-order valence-electron chi connectivity index (χ4n) is 3.98. The predicted molar refractivity (Wildman–Crippen MR) is 131 cm³/mol. The molecule has 14 heteroatoms. The number of carbonyl (C=O) groups excluding carboxylic acids is 2. The number of aliphatic hydroxyl groups is 1. The number of aromatic nitrogens is 1. The van der Waals surface area contributed by atoms with Gasteiger partial charge in [-0.2, -0.15) is 8.78 Å². The number of aliphatic carboxylic acids is 1. The highest BCUT2D eigenvalue weighted by molar-refractivity contribution is 6.02. The number of carbonyl (C=O) groups is 3. The highest BCUT2D eigenvalue weighted by Crippen LogP contribution is 2.27. The van der Waals surface area contributed by atoms with Gasteiger partial charge in [0.1, 0.15) is 30.3 Å². The fourth-order valence-corrected chi connectivity index (χ4v) is 3.98. The van der Waals surface area contributed by atoms with Gasteiger partial charge in [-0.25, -0.2) is 13.2 Å². The molecule has 2 aromatic carbocycles. The Labute approximate surface area is 224 Å². The van der Waals surface area contributed by atoms with Crippen LogP contribution in [0, 0.1) is 41.9 Å². The molecule has 3 aromatic rings. The summed E-state index contributed by atoms with van der Waals surface area (Å²) in [7, 11) is 0. The molecular weight excluding hydrogens is 545 g/mol. The van der Waals surface area contributed by atoms with Gasteiger partial charge >= 0.3 is 5.97 Å². The molecule has 5 N–H and O–H groups in total. The average Bonchev–Trinajstić information content (AvgIpc) is 3.20. The van der Waals surface area contributed by atoms with Crippen LogP contribution >= 0.6 is 0 Å². The van der Waals surface area contributed by atoms with Crippen molar-refractivity contribution >= 4 is 28.7 Å². The molecule has 0 aliphatic carbocycles. The summed E-state index contributed by atoms with van der Waals surface area (Å²) in [6.07, 6.45) is -2.80. The number of halogens is 5. The first-order valence-corrected chi connectivity index (χ1v) is 12.0. The van der Waals surface area contributed by atoms with Gasteiger partial charge in [-0.3, -0.25) is 14.4 Å². The van der Waals surface area contributed by atoms with Gasteiger partial charge < -0.3 is 30.6 Å². The van der Waals surface area contributed by atoms with Gasteiger partial charge in [0.2, 0.25) is 17.5 Å². The van der Waals surface area contributed by atoms with Crippen molar-refractivity contribution in [3.8, 4) is 5.75 Å². The molecule has 0 saturated carbocycles. The van der Waals surface area contributed by atoms with Gasteiger partial charge in [0.05, 0.1) is 12.5 Å². The van der Waals surface area contributed by atoms with Crippen molar-refractivity contribution in [3.63, 3.8) is 0 Å². The van der Waals surface area contributed by atoms with Crippen LogP contribution in [0.3, 0.4) is 0 Å². The summed E-state index contributed by atoms with van der Waals surface area (Å²) in [6.45, 7) is 3.67. The van der Waals surface area contributed by atoms with Crippen LogP contribution < -0.4 is 15.4 Å². The minimum absolute atomic E-state index is 0.0443. The number of nitrogens with one attached hydrogen (secondary N) is 3. The number of benzene rings is 2. The molecule has 0 radical (unpaired) electrons. The Morgan fingerprint density at radius 3 is 2.20 bits per heavy atom. The number of aromatic amines is 1. The maximum atomic E-state index is 13.9. The Kier molecular flexibility index (Phi) is 9.35. The van der Waals surface area contributed by atoms with Crippen molar-refractivity contribution in [1.82, 2.24) is 15.6 Å². The van der Waals surface area contributed by atoms with Crippen LogP contribution in [-0.2, 0) is 9.59 Å². The van der Waals surface area contributed by atoms with Crippen LogP contribution in [0.4, 0.5) is 22.0 Å². The van der Waals surface area contributed by atoms with Crippen molar-refractivity contribution in [2.24, 2.45) is 5.92 Å². The van der Waals surface area contributed by atoms with E-state index in [4.69, 9.17) is 4.74 Å². The highest BCUT2D eigenvalue weighted by Gasteiger charge is 2.32. The molecule has 2 unspecified atom stereocenters. The van der Waals surface area contributed by atoms with Crippen LogP contribution in [0.1, 0.15) is 36.3 Å². The Hall–Kier alpha value is -4.20. The molecule has 0 spiro atoms. The van der Waals surface area contributed by atoms with Crippen molar-refractivity contribution in [3.05, 3.63) is 64.6 Å². The van der Waals surface area contributed by atoms with E-state index in [-0.39, 0.29) is 11.8 Å². The summed E-state index contributed by atoms with van der Waals surface area (Å²) >= 11 is 0. The number of carboxylic acid groups (broad SMARTS) is 1. The van der Waals surface area contributed by atoms with Crippen molar-refractivity contribution in [2.45, 2.75) is 45.4 Å². The standard InChI is InChI=1S/C26H26F5N3O6/c1-10(2)22(34-26(39)23-11(3)13-6-12(27)4-5-16(13)32-23)25(38)33-17(8-19(36)37)18(35)9-40-24-20(30)14(28)7-15(29)21(24)31/h4-7,10,17-18,22,32,35H,8-9H2,1-3H3,(H,33,38)(H,34,39)(H,36,37)/t17?,18?,22-/m0/s1. The molecule has 2 amide bonds. The zero-order valence-electron chi connectivity index (χ0n) is 21.5. The maximum absolute atomic E-state index is 13.9. The van der Waals surface area contributed by atoms with E-state index in [1.165, 1.54) is 18.2 Å².